The van der Waals surface area contributed by atoms with Gasteiger partial charge < -0.3 is 4.98 Å². The zero-order valence-electron chi connectivity index (χ0n) is 14.8. The first-order valence-corrected chi connectivity index (χ1v) is 8.98. The second kappa shape index (κ2) is 7.67. The first-order chi connectivity index (χ1) is 11.3. The largest absolute Gasteiger partial charge is 0.301 e. The molecular formula is C19H23N3OS. The van der Waals surface area contributed by atoms with Crippen LogP contribution in [0.2, 0.25) is 0 Å². The number of benzene rings is 1. The summed E-state index contributed by atoms with van der Waals surface area (Å²) in [4.78, 5) is 19.6. The molecular weight excluding hydrogens is 318 g/mol. The molecule has 126 valence electrons. The van der Waals surface area contributed by atoms with Crippen molar-refractivity contribution in [1.82, 2.24) is 9.97 Å². The van der Waals surface area contributed by atoms with Crippen molar-refractivity contribution in [2.24, 2.45) is 0 Å². The van der Waals surface area contributed by atoms with Gasteiger partial charge in [-0.3, -0.25) is 4.79 Å². The van der Waals surface area contributed by atoms with Gasteiger partial charge in [0, 0.05) is 10.8 Å². The van der Waals surface area contributed by atoms with Crippen molar-refractivity contribution in [3.05, 3.63) is 57.0 Å². The van der Waals surface area contributed by atoms with Crippen LogP contribution in [0, 0.1) is 18.3 Å². The molecule has 1 aromatic carbocycles. The van der Waals surface area contributed by atoms with E-state index in [1.54, 1.807) is 6.92 Å². The zero-order valence-corrected chi connectivity index (χ0v) is 15.6. The van der Waals surface area contributed by atoms with E-state index in [4.69, 9.17) is 0 Å². The minimum absolute atomic E-state index is 0.179. The number of thioether (sulfide) groups is 1. The van der Waals surface area contributed by atoms with Crippen LogP contribution in [0.5, 0.6) is 0 Å². The molecule has 2 aromatic rings. The van der Waals surface area contributed by atoms with E-state index in [0.29, 0.717) is 27.6 Å². The van der Waals surface area contributed by atoms with Gasteiger partial charge in [0.2, 0.25) is 0 Å². The van der Waals surface area contributed by atoms with Gasteiger partial charge in [0.05, 0.1) is 11.8 Å². The van der Waals surface area contributed by atoms with Crippen LogP contribution in [-0.2, 0) is 0 Å². The Morgan fingerprint density at radius 2 is 1.71 bits per heavy atom. The molecule has 0 aliphatic rings. The molecule has 0 aliphatic heterocycles. The Bertz CT molecular complexity index is 801. The van der Waals surface area contributed by atoms with Gasteiger partial charge in [0.1, 0.15) is 5.92 Å². The Morgan fingerprint density at radius 1 is 1.12 bits per heavy atom. The molecule has 5 heteroatoms. The number of nitrogens with zero attached hydrogens (tertiary/aromatic N) is 2. The number of aromatic amines is 1. The summed E-state index contributed by atoms with van der Waals surface area (Å²) in [6, 6.07) is 10.3. The monoisotopic (exact) mass is 341 g/mol. The first-order valence-electron chi connectivity index (χ1n) is 8.10. The molecule has 0 saturated carbocycles. The van der Waals surface area contributed by atoms with Gasteiger partial charge >= 0.3 is 0 Å². The Hall–Kier alpha value is -2.06. The number of H-pyrrole nitrogens is 1. The summed E-state index contributed by atoms with van der Waals surface area (Å²) >= 11 is 1.49. The van der Waals surface area contributed by atoms with Gasteiger partial charge in [-0.2, -0.15) is 5.26 Å². The van der Waals surface area contributed by atoms with Crippen molar-refractivity contribution < 1.29 is 0 Å². The molecule has 0 saturated heterocycles. The lowest BCUT2D eigenvalue weighted by Crippen LogP contribution is -2.18. The van der Waals surface area contributed by atoms with Gasteiger partial charge in [-0.05, 0) is 24.0 Å². The van der Waals surface area contributed by atoms with E-state index in [1.165, 1.54) is 17.3 Å². The molecule has 1 N–H and O–H groups in total. The quantitative estimate of drug-likeness (QED) is 0.648. The highest BCUT2D eigenvalue weighted by molar-refractivity contribution is 7.99. The van der Waals surface area contributed by atoms with Crippen molar-refractivity contribution in [2.45, 2.75) is 56.9 Å². The topological polar surface area (TPSA) is 69.5 Å². The van der Waals surface area contributed by atoms with Crippen molar-refractivity contribution in [3.8, 4) is 6.07 Å². The zero-order chi connectivity index (χ0) is 17.9. The number of nitrogens with one attached hydrogen (secondary N) is 1. The van der Waals surface area contributed by atoms with Crippen LogP contribution in [0.25, 0.3) is 0 Å². The van der Waals surface area contributed by atoms with E-state index in [1.807, 2.05) is 38.1 Å². The molecule has 1 unspecified atom stereocenters. The fraction of sp³-hybridized carbons (Fsp3) is 0.421. The van der Waals surface area contributed by atoms with Crippen LogP contribution in [-0.4, -0.2) is 15.2 Å². The minimum Gasteiger partial charge on any atom is -0.301 e. The van der Waals surface area contributed by atoms with Crippen molar-refractivity contribution in [1.29, 1.82) is 5.26 Å². The molecule has 0 amide bonds. The smallest absolute Gasteiger partial charge is 0.254 e. The first kappa shape index (κ1) is 18.3. The summed E-state index contributed by atoms with van der Waals surface area (Å²) < 4.78 is 0. The van der Waals surface area contributed by atoms with Gasteiger partial charge in [-0.25, -0.2) is 4.98 Å². The van der Waals surface area contributed by atoms with Crippen LogP contribution in [0.1, 0.15) is 61.9 Å². The summed E-state index contributed by atoms with van der Waals surface area (Å²) in [7, 11) is 0. The van der Waals surface area contributed by atoms with E-state index >= 15 is 0 Å². The standard InChI is InChI=1S/C19H23N3OS/c1-11(2)14-6-8-15(9-7-14)16(10-20)17-13(5)18(23)22-19(21-17)24-12(3)4/h6-9,11-12,16H,1-5H3,(H,21,22,23). The third-order valence-corrected chi connectivity index (χ3v) is 4.74. The molecule has 0 bridgehead atoms. The molecule has 1 heterocycles. The van der Waals surface area contributed by atoms with E-state index in [0.717, 1.165) is 5.56 Å². The SMILES string of the molecule is Cc1c(C(C#N)c2ccc(C(C)C)cc2)nc(SC(C)C)[nH]c1=O. The second-order valence-electron chi connectivity index (χ2n) is 6.43. The Labute approximate surface area is 147 Å². The van der Waals surface area contributed by atoms with E-state index in [-0.39, 0.29) is 5.56 Å². The van der Waals surface area contributed by atoms with Gasteiger partial charge in [0.15, 0.2) is 5.16 Å². The third-order valence-electron chi connectivity index (χ3n) is 3.85. The molecule has 1 atom stereocenters. The molecule has 0 radical (unpaired) electrons. The summed E-state index contributed by atoms with van der Waals surface area (Å²) in [5.41, 5.74) is 2.96. The molecule has 1 aromatic heterocycles. The number of nitriles is 1. The number of hydrogen-bond acceptors (Lipinski definition) is 4. The summed E-state index contributed by atoms with van der Waals surface area (Å²) in [5.74, 6) is -0.104. The normalized spacial score (nSPS) is 12.4. The predicted octanol–water partition coefficient (Wildman–Crippen LogP) is 4.36. The van der Waals surface area contributed by atoms with E-state index < -0.39 is 5.92 Å². The van der Waals surface area contributed by atoms with Crippen molar-refractivity contribution in [2.75, 3.05) is 0 Å². The van der Waals surface area contributed by atoms with Crippen LogP contribution in [0.3, 0.4) is 0 Å². The average Bonchev–Trinajstić information content (AvgIpc) is 2.52. The maximum Gasteiger partial charge on any atom is 0.254 e. The second-order valence-corrected chi connectivity index (χ2v) is 8.00. The van der Waals surface area contributed by atoms with E-state index in [9.17, 15) is 10.1 Å². The Balaban J connectivity index is 2.48. The maximum absolute atomic E-state index is 12.2. The summed E-state index contributed by atoms with van der Waals surface area (Å²) in [6.07, 6.45) is 0. The predicted molar refractivity (Wildman–Crippen MR) is 98.6 cm³/mol. The van der Waals surface area contributed by atoms with Crippen molar-refractivity contribution in [3.63, 3.8) is 0 Å². The molecule has 4 nitrogen and oxygen atoms in total. The highest BCUT2D eigenvalue weighted by atomic mass is 32.2. The summed E-state index contributed by atoms with van der Waals surface area (Å²) in [6.45, 7) is 10.1. The van der Waals surface area contributed by atoms with E-state index in [2.05, 4.69) is 29.9 Å². The van der Waals surface area contributed by atoms with Crippen LogP contribution in [0.4, 0.5) is 0 Å². The van der Waals surface area contributed by atoms with Gasteiger partial charge in [-0.1, -0.05) is 63.7 Å². The third kappa shape index (κ3) is 4.07. The maximum atomic E-state index is 12.2. The highest BCUT2D eigenvalue weighted by Crippen LogP contribution is 2.27. The Morgan fingerprint density at radius 3 is 2.21 bits per heavy atom. The molecule has 0 spiro atoms. The number of rotatable bonds is 5. The minimum atomic E-state index is -0.542. The number of aromatic nitrogens is 2. The molecule has 2 rings (SSSR count). The van der Waals surface area contributed by atoms with Crippen LogP contribution < -0.4 is 5.56 Å². The average molecular weight is 341 g/mol. The lowest BCUT2D eigenvalue weighted by molar-refractivity contribution is 0.821. The highest BCUT2D eigenvalue weighted by Gasteiger charge is 2.21. The fourth-order valence-corrected chi connectivity index (χ4v) is 3.20. The lowest BCUT2D eigenvalue weighted by atomic mass is 9.92. The lowest BCUT2D eigenvalue weighted by Gasteiger charge is -2.14. The van der Waals surface area contributed by atoms with Crippen LogP contribution in [0.15, 0.2) is 34.2 Å². The van der Waals surface area contributed by atoms with Gasteiger partial charge in [-0.15, -0.1) is 0 Å². The Kier molecular flexibility index (Phi) is 5.84. The molecule has 24 heavy (non-hydrogen) atoms. The van der Waals surface area contributed by atoms with Crippen LogP contribution >= 0.6 is 11.8 Å². The summed E-state index contributed by atoms with van der Waals surface area (Å²) in [5, 5.41) is 10.6. The van der Waals surface area contributed by atoms with Crippen molar-refractivity contribution >= 4 is 11.8 Å². The van der Waals surface area contributed by atoms with Gasteiger partial charge in [0.25, 0.3) is 5.56 Å². The molecule has 0 fully saturated rings. The number of hydrogen-bond donors (Lipinski definition) is 1. The fourth-order valence-electron chi connectivity index (χ4n) is 2.46. The molecule has 0 aliphatic carbocycles.